The topological polar surface area (TPSA) is 38.4 Å². The van der Waals surface area contributed by atoms with Gasteiger partial charge >= 0.3 is 0 Å². The highest BCUT2D eigenvalue weighted by atomic mass is 16.5. The van der Waals surface area contributed by atoms with Gasteiger partial charge in [0.1, 0.15) is 0 Å². The van der Waals surface area contributed by atoms with E-state index in [1.807, 2.05) is 6.08 Å². The second-order valence-corrected chi connectivity index (χ2v) is 2.83. The highest BCUT2D eigenvalue weighted by molar-refractivity contribution is 5.97. The molecule has 0 spiro atoms. The third-order valence-corrected chi connectivity index (χ3v) is 2.13. The summed E-state index contributed by atoms with van der Waals surface area (Å²) in [4.78, 5) is 4.19. The largest absolute Gasteiger partial charge is 0.356 e. The molecule has 3 nitrogen and oxygen atoms in total. The fraction of sp³-hybridized carbons (Fsp3) is 0.111. The maximum atomic E-state index is 5.13. The molecule has 3 rings (SSSR count). The van der Waals surface area contributed by atoms with Crippen molar-refractivity contribution in [3.63, 3.8) is 0 Å². The molecule has 0 unspecified atom stereocenters. The first-order chi connectivity index (χ1) is 5.95. The van der Waals surface area contributed by atoms with Gasteiger partial charge in [0.25, 0.3) is 0 Å². The van der Waals surface area contributed by atoms with Gasteiger partial charge in [-0.1, -0.05) is 11.2 Å². The molecule has 1 aromatic heterocycles. The van der Waals surface area contributed by atoms with E-state index in [2.05, 4.69) is 16.2 Å². The Kier molecular flexibility index (Phi) is 0.961. The number of nitrogens with zero attached hydrogens (tertiary/aromatic N) is 2. The minimum atomic E-state index is 0.878. The summed E-state index contributed by atoms with van der Waals surface area (Å²) in [6.07, 6.45) is 8.48. The Balaban J connectivity index is 2.26. The van der Waals surface area contributed by atoms with Crippen molar-refractivity contribution in [1.29, 1.82) is 0 Å². The van der Waals surface area contributed by atoms with E-state index in [1.165, 1.54) is 0 Å². The van der Waals surface area contributed by atoms with Crippen molar-refractivity contribution in [2.45, 2.75) is 6.42 Å². The second kappa shape index (κ2) is 1.94. The molecule has 0 amide bonds. The summed E-state index contributed by atoms with van der Waals surface area (Å²) in [5, 5.41) is 3.76. The molecule has 1 aliphatic carbocycles. The van der Waals surface area contributed by atoms with Gasteiger partial charge in [0.05, 0.1) is 11.9 Å². The fourth-order valence-electron chi connectivity index (χ4n) is 1.54. The van der Waals surface area contributed by atoms with Crippen LogP contribution in [0.2, 0.25) is 0 Å². The van der Waals surface area contributed by atoms with E-state index in [4.69, 9.17) is 4.52 Å². The smallest absolute Gasteiger partial charge is 0.172 e. The molecule has 0 atom stereocenters. The van der Waals surface area contributed by atoms with E-state index in [0.29, 0.717) is 0 Å². The third kappa shape index (κ3) is 0.605. The molecule has 1 aliphatic heterocycles. The summed E-state index contributed by atoms with van der Waals surface area (Å²) >= 11 is 0. The summed E-state index contributed by atoms with van der Waals surface area (Å²) in [5.74, 6) is 0.880. The molecule has 1 aromatic rings. The van der Waals surface area contributed by atoms with Gasteiger partial charge in [-0.25, -0.2) is 0 Å². The average Bonchev–Trinajstić information content (AvgIpc) is 2.71. The van der Waals surface area contributed by atoms with Crippen LogP contribution < -0.4 is 0 Å². The lowest BCUT2D eigenvalue weighted by Gasteiger charge is -2.06. The summed E-state index contributed by atoms with van der Waals surface area (Å²) in [5.41, 5.74) is 3.23. The van der Waals surface area contributed by atoms with E-state index in [-0.39, 0.29) is 0 Å². The van der Waals surface area contributed by atoms with Crippen molar-refractivity contribution in [3.8, 4) is 0 Å². The third-order valence-electron chi connectivity index (χ3n) is 2.13. The number of hydrogen-bond donors (Lipinski definition) is 0. The molecular formula is C9H6N2O. The quantitative estimate of drug-likeness (QED) is 0.575. The molecule has 12 heavy (non-hydrogen) atoms. The Labute approximate surface area is 69.1 Å². The van der Waals surface area contributed by atoms with Crippen LogP contribution in [0.25, 0.3) is 5.57 Å². The maximum absolute atomic E-state index is 5.13. The number of rotatable bonds is 0. The Morgan fingerprint density at radius 1 is 1.42 bits per heavy atom. The Hall–Kier alpha value is -1.64. The predicted octanol–water partition coefficient (Wildman–Crippen LogP) is 1.58. The number of aromatic nitrogens is 1. The van der Waals surface area contributed by atoms with E-state index in [0.717, 1.165) is 29.0 Å². The maximum Gasteiger partial charge on any atom is 0.172 e. The summed E-state index contributed by atoms with van der Waals surface area (Å²) in [7, 11) is 0. The Morgan fingerprint density at radius 3 is 3.42 bits per heavy atom. The van der Waals surface area contributed by atoms with Gasteiger partial charge in [0, 0.05) is 17.4 Å². The lowest BCUT2D eigenvalue weighted by atomic mass is 9.99. The van der Waals surface area contributed by atoms with Crippen LogP contribution in [0, 0.1) is 0 Å². The molecule has 0 aromatic carbocycles. The van der Waals surface area contributed by atoms with Crippen molar-refractivity contribution in [3.05, 3.63) is 35.4 Å². The molecule has 0 bridgehead atoms. The summed E-state index contributed by atoms with van der Waals surface area (Å²) in [6.45, 7) is 0. The van der Waals surface area contributed by atoms with Crippen molar-refractivity contribution in [2.24, 2.45) is 4.99 Å². The number of hydrogen-bond acceptors (Lipinski definition) is 3. The first-order valence-corrected chi connectivity index (χ1v) is 3.84. The van der Waals surface area contributed by atoms with Crippen LogP contribution in [-0.4, -0.2) is 11.4 Å². The monoisotopic (exact) mass is 158 g/mol. The van der Waals surface area contributed by atoms with Crippen molar-refractivity contribution >= 4 is 11.8 Å². The lowest BCUT2D eigenvalue weighted by Crippen LogP contribution is -1.95. The van der Waals surface area contributed by atoms with Gasteiger partial charge in [0.2, 0.25) is 0 Å². The molecule has 2 heterocycles. The zero-order chi connectivity index (χ0) is 7.97. The molecule has 0 radical (unpaired) electrons. The molecule has 0 N–H and O–H groups in total. The number of allylic oxidation sites excluding steroid dienone is 3. The first kappa shape index (κ1) is 5.94. The molecule has 58 valence electrons. The van der Waals surface area contributed by atoms with Gasteiger partial charge in [-0.15, -0.1) is 0 Å². The van der Waals surface area contributed by atoms with Crippen LogP contribution in [-0.2, 0) is 6.42 Å². The summed E-state index contributed by atoms with van der Waals surface area (Å²) in [6, 6.07) is 0. The standard InChI is InChI=1S/C9H6N2O/c1-2-8-7(3-4-10-8)9-6(1)5-11-12-9/h2-5H,1H2. The van der Waals surface area contributed by atoms with Gasteiger partial charge in [0.15, 0.2) is 5.76 Å². The molecule has 0 saturated heterocycles. The Morgan fingerprint density at radius 2 is 2.42 bits per heavy atom. The normalized spacial score (nSPS) is 18.3. The van der Waals surface area contributed by atoms with Crippen LogP contribution in [0.4, 0.5) is 0 Å². The Bertz CT molecular complexity index is 423. The van der Waals surface area contributed by atoms with Gasteiger partial charge in [-0.05, 0) is 12.5 Å². The van der Waals surface area contributed by atoms with E-state index >= 15 is 0 Å². The SMILES string of the molecule is C1=NC2=CCc3cnoc3C2=C1. The van der Waals surface area contributed by atoms with Crippen LogP contribution in [0.1, 0.15) is 11.3 Å². The zero-order valence-electron chi connectivity index (χ0n) is 6.32. The summed E-state index contributed by atoms with van der Waals surface area (Å²) < 4.78 is 5.13. The first-order valence-electron chi connectivity index (χ1n) is 3.84. The zero-order valence-corrected chi connectivity index (χ0v) is 6.32. The van der Waals surface area contributed by atoms with Crippen molar-refractivity contribution < 1.29 is 4.52 Å². The molecule has 3 heteroatoms. The predicted molar refractivity (Wildman–Crippen MR) is 44.8 cm³/mol. The van der Waals surface area contributed by atoms with Gasteiger partial charge < -0.3 is 4.52 Å². The van der Waals surface area contributed by atoms with Gasteiger partial charge in [-0.3, -0.25) is 4.99 Å². The minimum Gasteiger partial charge on any atom is -0.356 e. The number of fused-ring (bicyclic) bond motifs is 3. The fourth-order valence-corrected chi connectivity index (χ4v) is 1.54. The van der Waals surface area contributed by atoms with Crippen LogP contribution >= 0.6 is 0 Å². The van der Waals surface area contributed by atoms with E-state index in [1.54, 1.807) is 12.4 Å². The molecular weight excluding hydrogens is 152 g/mol. The van der Waals surface area contributed by atoms with Crippen LogP contribution in [0.3, 0.4) is 0 Å². The highest BCUT2D eigenvalue weighted by Crippen LogP contribution is 2.33. The second-order valence-electron chi connectivity index (χ2n) is 2.83. The molecule has 0 fully saturated rings. The minimum absolute atomic E-state index is 0.878. The van der Waals surface area contributed by atoms with Crippen LogP contribution in [0.5, 0.6) is 0 Å². The van der Waals surface area contributed by atoms with Crippen LogP contribution in [0.15, 0.2) is 33.6 Å². The van der Waals surface area contributed by atoms with E-state index in [9.17, 15) is 0 Å². The lowest BCUT2D eigenvalue weighted by molar-refractivity contribution is 0.409. The average molecular weight is 158 g/mol. The van der Waals surface area contributed by atoms with E-state index < -0.39 is 0 Å². The van der Waals surface area contributed by atoms with Gasteiger partial charge in [-0.2, -0.15) is 0 Å². The van der Waals surface area contributed by atoms with Crippen molar-refractivity contribution in [1.82, 2.24) is 5.16 Å². The van der Waals surface area contributed by atoms with Crippen molar-refractivity contribution in [2.75, 3.05) is 0 Å². The number of aliphatic imine (C=N–C) groups is 1. The molecule has 0 saturated carbocycles. The molecule has 2 aliphatic rings. The highest BCUT2D eigenvalue weighted by Gasteiger charge is 2.22.